The number of fused-ring (bicyclic) bond motifs is 1. The minimum absolute atomic E-state index is 0.566. The molecule has 4 rings (SSSR count). The SMILES string of the molecule is CN1CCCC1CCOc1ccc2ncc(-c3ccc(Cl)cc3Cl)n2n1. The van der Waals surface area contributed by atoms with Crippen LogP contribution in [0.25, 0.3) is 16.9 Å². The van der Waals surface area contributed by atoms with Crippen molar-refractivity contribution < 1.29 is 4.74 Å². The number of halogens is 2. The molecule has 1 saturated heterocycles. The molecule has 3 heterocycles. The fourth-order valence-electron chi connectivity index (χ4n) is 3.46. The predicted octanol–water partition coefficient (Wildman–Crippen LogP) is 4.57. The number of rotatable bonds is 5. The van der Waals surface area contributed by atoms with E-state index in [9.17, 15) is 0 Å². The Hall–Kier alpha value is -1.82. The van der Waals surface area contributed by atoms with Gasteiger partial charge in [0.15, 0.2) is 5.65 Å². The van der Waals surface area contributed by atoms with Gasteiger partial charge in [-0.05, 0) is 57.1 Å². The van der Waals surface area contributed by atoms with Crippen molar-refractivity contribution in [2.24, 2.45) is 0 Å². The zero-order valence-electron chi connectivity index (χ0n) is 14.5. The molecule has 0 amide bonds. The molecule has 0 aliphatic carbocycles. The zero-order chi connectivity index (χ0) is 18.1. The predicted molar refractivity (Wildman–Crippen MR) is 104 cm³/mol. The van der Waals surface area contributed by atoms with Gasteiger partial charge in [0, 0.05) is 22.7 Å². The minimum Gasteiger partial charge on any atom is -0.477 e. The van der Waals surface area contributed by atoms with Crippen LogP contribution in [0.2, 0.25) is 10.0 Å². The summed E-state index contributed by atoms with van der Waals surface area (Å²) in [6.07, 6.45) is 5.28. The summed E-state index contributed by atoms with van der Waals surface area (Å²) in [5.74, 6) is 0.586. The highest BCUT2D eigenvalue weighted by Gasteiger charge is 2.20. The van der Waals surface area contributed by atoms with Crippen molar-refractivity contribution in [2.75, 3.05) is 20.2 Å². The standard InChI is InChI=1S/C19H20Cl2N4O/c1-24-9-2-3-14(24)8-10-26-19-7-6-18-22-12-17(25(18)23-19)15-5-4-13(20)11-16(15)21/h4-7,11-12,14H,2-3,8-10H2,1H3. The zero-order valence-corrected chi connectivity index (χ0v) is 16.0. The van der Waals surface area contributed by atoms with Crippen molar-refractivity contribution in [3.05, 3.63) is 46.6 Å². The average molecular weight is 391 g/mol. The lowest BCUT2D eigenvalue weighted by Crippen LogP contribution is -2.26. The molecule has 1 unspecified atom stereocenters. The van der Waals surface area contributed by atoms with Gasteiger partial charge in [0.1, 0.15) is 0 Å². The van der Waals surface area contributed by atoms with Crippen LogP contribution in [-0.4, -0.2) is 45.7 Å². The fraction of sp³-hybridized carbons (Fsp3) is 0.368. The highest BCUT2D eigenvalue weighted by molar-refractivity contribution is 6.36. The molecule has 0 saturated carbocycles. The van der Waals surface area contributed by atoms with E-state index in [1.807, 2.05) is 18.2 Å². The third-order valence-corrected chi connectivity index (χ3v) is 5.47. The molecule has 7 heteroatoms. The van der Waals surface area contributed by atoms with Crippen molar-refractivity contribution in [3.8, 4) is 17.1 Å². The van der Waals surface area contributed by atoms with Crippen molar-refractivity contribution in [1.29, 1.82) is 0 Å². The van der Waals surface area contributed by atoms with Crippen LogP contribution in [-0.2, 0) is 0 Å². The van der Waals surface area contributed by atoms with Gasteiger partial charge in [-0.3, -0.25) is 0 Å². The Bertz CT molecular complexity index is 927. The summed E-state index contributed by atoms with van der Waals surface area (Å²) in [5.41, 5.74) is 2.39. The number of benzene rings is 1. The Morgan fingerprint density at radius 3 is 2.88 bits per heavy atom. The molecule has 0 N–H and O–H groups in total. The first kappa shape index (κ1) is 17.6. The number of ether oxygens (including phenoxy) is 1. The van der Waals surface area contributed by atoms with Crippen LogP contribution in [0.1, 0.15) is 19.3 Å². The Labute approximate surface area is 162 Å². The van der Waals surface area contributed by atoms with E-state index in [1.165, 1.54) is 19.4 Å². The summed E-state index contributed by atoms with van der Waals surface area (Å²) in [6, 6.07) is 9.76. The minimum atomic E-state index is 0.566. The van der Waals surface area contributed by atoms with E-state index in [0.717, 1.165) is 23.3 Å². The second-order valence-electron chi connectivity index (χ2n) is 6.62. The van der Waals surface area contributed by atoms with Gasteiger partial charge in [-0.2, -0.15) is 0 Å². The molecule has 136 valence electrons. The lowest BCUT2D eigenvalue weighted by Gasteiger charge is -2.19. The van der Waals surface area contributed by atoms with Gasteiger partial charge in [-0.15, -0.1) is 5.10 Å². The molecule has 0 bridgehead atoms. The summed E-state index contributed by atoms with van der Waals surface area (Å²) in [4.78, 5) is 6.80. The Balaban J connectivity index is 1.54. The average Bonchev–Trinajstić information content (AvgIpc) is 3.21. The van der Waals surface area contributed by atoms with Crippen LogP contribution >= 0.6 is 23.2 Å². The van der Waals surface area contributed by atoms with E-state index in [-0.39, 0.29) is 0 Å². The maximum absolute atomic E-state index is 6.34. The molecule has 5 nitrogen and oxygen atoms in total. The van der Waals surface area contributed by atoms with Crippen molar-refractivity contribution in [1.82, 2.24) is 19.5 Å². The van der Waals surface area contributed by atoms with Crippen molar-refractivity contribution >= 4 is 28.8 Å². The molecule has 1 aliphatic heterocycles. The van der Waals surface area contributed by atoms with Crippen LogP contribution in [0.15, 0.2) is 36.5 Å². The largest absolute Gasteiger partial charge is 0.477 e. The molecule has 0 radical (unpaired) electrons. The van der Waals surface area contributed by atoms with Crippen LogP contribution in [0, 0.1) is 0 Å². The van der Waals surface area contributed by atoms with Crippen LogP contribution in [0.4, 0.5) is 0 Å². The van der Waals surface area contributed by atoms with E-state index in [4.69, 9.17) is 27.9 Å². The third-order valence-electron chi connectivity index (χ3n) is 4.92. The van der Waals surface area contributed by atoms with Crippen LogP contribution < -0.4 is 4.74 Å². The monoisotopic (exact) mass is 390 g/mol. The summed E-state index contributed by atoms with van der Waals surface area (Å²) < 4.78 is 7.65. The van der Waals surface area contributed by atoms with E-state index >= 15 is 0 Å². The van der Waals surface area contributed by atoms with E-state index < -0.39 is 0 Å². The molecule has 0 spiro atoms. The summed E-state index contributed by atoms with van der Waals surface area (Å²) >= 11 is 12.3. The number of likely N-dealkylation sites (tertiary alicyclic amines) is 1. The Morgan fingerprint density at radius 2 is 2.12 bits per heavy atom. The van der Waals surface area contributed by atoms with Crippen LogP contribution in [0.3, 0.4) is 0 Å². The molecule has 1 aromatic carbocycles. The quantitative estimate of drug-likeness (QED) is 0.639. The van der Waals surface area contributed by atoms with Crippen molar-refractivity contribution in [3.63, 3.8) is 0 Å². The first-order valence-electron chi connectivity index (χ1n) is 8.75. The van der Waals surface area contributed by atoms with E-state index in [0.29, 0.717) is 28.6 Å². The summed E-state index contributed by atoms with van der Waals surface area (Å²) in [7, 11) is 2.18. The lowest BCUT2D eigenvalue weighted by atomic mass is 10.1. The molecule has 2 aromatic heterocycles. The number of hydrogen-bond acceptors (Lipinski definition) is 4. The molecule has 26 heavy (non-hydrogen) atoms. The van der Waals surface area contributed by atoms with Gasteiger partial charge in [-0.25, -0.2) is 9.50 Å². The summed E-state index contributed by atoms with van der Waals surface area (Å²) in [5, 5.41) is 5.75. The maximum Gasteiger partial charge on any atom is 0.231 e. The first-order chi connectivity index (χ1) is 12.6. The van der Waals surface area contributed by atoms with Gasteiger partial charge in [0.25, 0.3) is 0 Å². The maximum atomic E-state index is 6.34. The molecule has 1 aliphatic rings. The van der Waals surface area contributed by atoms with Crippen LogP contribution in [0.5, 0.6) is 5.88 Å². The highest BCUT2D eigenvalue weighted by atomic mass is 35.5. The molecule has 3 aromatic rings. The van der Waals surface area contributed by atoms with Gasteiger partial charge >= 0.3 is 0 Å². The number of imidazole rings is 1. The lowest BCUT2D eigenvalue weighted by molar-refractivity contribution is 0.227. The van der Waals surface area contributed by atoms with E-state index in [2.05, 4.69) is 22.0 Å². The van der Waals surface area contributed by atoms with E-state index in [1.54, 1.807) is 22.8 Å². The second-order valence-corrected chi connectivity index (χ2v) is 7.47. The third kappa shape index (κ3) is 3.52. The first-order valence-corrected chi connectivity index (χ1v) is 9.50. The fourth-order valence-corrected chi connectivity index (χ4v) is 3.96. The highest BCUT2D eigenvalue weighted by Crippen LogP contribution is 2.30. The number of nitrogens with zero attached hydrogens (tertiary/aromatic N) is 4. The smallest absolute Gasteiger partial charge is 0.231 e. The summed E-state index contributed by atoms with van der Waals surface area (Å²) in [6.45, 7) is 1.83. The van der Waals surface area contributed by atoms with Gasteiger partial charge in [0.2, 0.25) is 5.88 Å². The molecule has 1 fully saturated rings. The number of hydrogen-bond donors (Lipinski definition) is 0. The topological polar surface area (TPSA) is 42.7 Å². The number of aromatic nitrogens is 3. The van der Waals surface area contributed by atoms with Gasteiger partial charge < -0.3 is 9.64 Å². The van der Waals surface area contributed by atoms with Gasteiger partial charge in [0.05, 0.1) is 23.5 Å². The normalized spacial score (nSPS) is 17.9. The molecule has 1 atom stereocenters. The second kappa shape index (κ2) is 7.43. The Kier molecular flexibility index (Phi) is 5.02. The Morgan fingerprint density at radius 1 is 1.23 bits per heavy atom. The van der Waals surface area contributed by atoms with Crippen molar-refractivity contribution in [2.45, 2.75) is 25.3 Å². The molecular formula is C19H20Cl2N4O. The van der Waals surface area contributed by atoms with Gasteiger partial charge in [-0.1, -0.05) is 23.2 Å². The molecular weight excluding hydrogens is 371 g/mol.